The molecule has 2 heterocycles. The summed E-state index contributed by atoms with van der Waals surface area (Å²) in [6.45, 7) is 2.25. The zero-order valence-electron chi connectivity index (χ0n) is 25.3. The molecule has 1 aliphatic rings. The number of rotatable bonds is 12. The minimum atomic E-state index is -0.405. The number of carbonyl (C=O) groups is 2. The highest BCUT2D eigenvalue weighted by Gasteiger charge is 2.27. The fraction of sp³-hybridized carbons (Fsp3) is 0.242. The summed E-state index contributed by atoms with van der Waals surface area (Å²) in [5.74, 6) is 2.17. The summed E-state index contributed by atoms with van der Waals surface area (Å²) in [5.41, 5.74) is 1.92. The van der Waals surface area contributed by atoms with Crippen LogP contribution >= 0.6 is 11.8 Å². The Labute approximate surface area is 263 Å². The number of nitrogens with one attached hydrogen (secondary N) is 1. The van der Waals surface area contributed by atoms with Crippen LogP contribution in [0.1, 0.15) is 18.9 Å². The maximum Gasteiger partial charge on any atom is 0.290 e. The lowest BCUT2D eigenvalue weighted by Gasteiger charge is -2.15. The first kappa shape index (κ1) is 31.3. The number of carbonyl (C=O) groups excluding carboxylic acids is 2. The lowest BCUT2D eigenvalue weighted by Crippen LogP contribution is -2.18. The highest BCUT2D eigenvalue weighted by atomic mass is 32.2. The Morgan fingerprint density at radius 1 is 0.778 bits per heavy atom. The molecule has 11 nitrogen and oxygen atoms in total. The Kier molecular flexibility index (Phi) is 9.53. The molecule has 0 atom stereocenters. The molecular formula is C33H31NO10S. The van der Waals surface area contributed by atoms with Gasteiger partial charge >= 0.3 is 0 Å². The minimum Gasteiger partial charge on any atom is -0.496 e. The molecule has 3 aromatic carbocycles. The van der Waals surface area contributed by atoms with Crippen LogP contribution in [0.3, 0.4) is 0 Å². The molecule has 0 radical (unpaired) electrons. The Morgan fingerprint density at radius 2 is 1.49 bits per heavy atom. The number of benzene rings is 3. The molecule has 1 N–H and O–H groups in total. The molecule has 0 bridgehead atoms. The molecule has 1 aromatic heterocycles. The van der Waals surface area contributed by atoms with E-state index in [1.54, 1.807) is 49.4 Å². The first-order valence-corrected chi connectivity index (χ1v) is 14.6. The Hall–Kier alpha value is -5.10. The zero-order valence-corrected chi connectivity index (χ0v) is 26.1. The van der Waals surface area contributed by atoms with E-state index in [9.17, 15) is 14.4 Å². The van der Waals surface area contributed by atoms with Crippen molar-refractivity contribution in [2.75, 3.05) is 41.7 Å². The van der Waals surface area contributed by atoms with Gasteiger partial charge in [-0.1, -0.05) is 12.1 Å². The zero-order chi connectivity index (χ0) is 32.1. The number of hydrogen-bond donors (Lipinski definition) is 1. The first-order valence-electron chi connectivity index (χ1n) is 13.8. The van der Waals surface area contributed by atoms with Gasteiger partial charge in [0.05, 0.1) is 46.6 Å². The lowest BCUT2D eigenvalue weighted by atomic mass is 10.1. The van der Waals surface area contributed by atoms with Crippen molar-refractivity contribution < 1.29 is 42.4 Å². The van der Waals surface area contributed by atoms with E-state index in [4.69, 9.17) is 32.8 Å². The fourth-order valence-electron chi connectivity index (χ4n) is 4.74. The number of ether oxygens (including phenoxy) is 6. The molecule has 5 rings (SSSR count). The topological polar surface area (TPSA) is 132 Å². The lowest BCUT2D eigenvalue weighted by molar-refractivity contribution is -0.115. The molecule has 45 heavy (non-hydrogen) atoms. The van der Waals surface area contributed by atoms with E-state index in [0.717, 1.165) is 17.3 Å². The van der Waals surface area contributed by atoms with Gasteiger partial charge in [0.2, 0.25) is 11.2 Å². The van der Waals surface area contributed by atoms with Crippen LogP contribution in [0.25, 0.3) is 27.9 Å². The van der Waals surface area contributed by atoms with Crippen molar-refractivity contribution in [1.29, 1.82) is 0 Å². The Balaban J connectivity index is 1.35. The normalized spacial score (nSPS) is 13.8. The summed E-state index contributed by atoms with van der Waals surface area (Å²) in [6.07, 6.45) is 0.451. The molecular weight excluding hydrogens is 602 g/mol. The number of amides is 2. The van der Waals surface area contributed by atoms with Crippen LogP contribution in [-0.2, 0) is 4.79 Å². The molecule has 12 heteroatoms. The summed E-state index contributed by atoms with van der Waals surface area (Å²) in [4.78, 5) is 37.7. The number of thioether (sulfide) groups is 1. The smallest absolute Gasteiger partial charge is 0.290 e. The number of fused-ring (bicyclic) bond motifs is 1. The van der Waals surface area contributed by atoms with Gasteiger partial charge in [-0.05, 0) is 60.2 Å². The molecule has 1 saturated heterocycles. The molecule has 4 aromatic rings. The first-order chi connectivity index (χ1) is 21.8. The van der Waals surface area contributed by atoms with E-state index in [1.165, 1.54) is 28.4 Å². The summed E-state index contributed by atoms with van der Waals surface area (Å²) < 4.78 is 39.9. The summed E-state index contributed by atoms with van der Waals surface area (Å²) in [7, 11) is 6.03. The highest BCUT2D eigenvalue weighted by Crippen LogP contribution is 2.39. The van der Waals surface area contributed by atoms with E-state index >= 15 is 0 Å². The van der Waals surface area contributed by atoms with Crippen LogP contribution in [0, 0.1) is 0 Å². The van der Waals surface area contributed by atoms with Crippen LogP contribution < -0.4 is 39.2 Å². The van der Waals surface area contributed by atoms with Crippen molar-refractivity contribution in [2.45, 2.75) is 13.3 Å². The Morgan fingerprint density at radius 3 is 2.13 bits per heavy atom. The second kappa shape index (κ2) is 13.7. The van der Waals surface area contributed by atoms with Gasteiger partial charge in [-0.2, -0.15) is 0 Å². The second-order valence-corrected chi connectivity index (χ2v) is 10.7. The van der Waals surface area contributed by atoms with Gasteiger partial charge in [0.25, 0.3) is 11.1 Å². The molecule has 1 aliphatic heterocycles. The summed E-state index contributed by atoms with van der Waals surface area (Å²) in [6, 6.07) is 15.6. The minimum absolute atomic E-state index is 0.0124. The standard InChI is InChI=1S/C33H31NO10S/c1-18(31-32(36)34-33(37)45-31)19-7-10-21(11-8-19)42-13-6-14-43-30-28(35)27-25(41-5)16-22(38-2)17-26(27)44-29(30)20-9-12-23(39-3)24(15-20)40-4/h7-12,15-17H,6,13-14H2,1-5H3,(H,34,36,37)/b31-18-. The van der Waals surface area contributed by atoms with E-state index in [-0.39, 0.29) is 34.3 Å². The third-order valence-electron chi connectivity index (χ3n) is 7.04. The molecule has 0 aliphatic carbocycles. The van der Waals surface area contributed by atoms with E-state index in [0.29, 0.717) is 57.8 Å². The van der Waals surface area contributed by atoms with Crippen molar-refractivity contribution in [1.82, 2.24) is 5.32 Å². The number of methoxy groups -OCH3 is 4. The predicted octanol–water partition coefficient (Wildman–Crippen LogP) is 6.06. The van der Waals surface area contributed by atoms with Crippen LogP contribution in [0.2, 0.25) is 0 Å². The van der Waals surface area contributed by atoms with Crippen molar-refractivity contribution in [3.8, 4) is 45.8 Å². The number of allylic oxidation sites excluding steroid dienone is 1. The number of hydrogen-bond acceptors (Lipinski definition) is 11. The average molecular weight is 634 g/mol. The Bertz CT molecular complexity index is 1850. The maximum atomic E-state index is 13.8. The maximum absolute atomic E-state index is 13.8. The van der Waals surface area contributed by atoms with E-state index < -0.39 is 11.3 Å². The quantitative estimate of drug-likeness (QED) is 0.144. The molecule has 234 valence electrons. The summed E-state index contributed by atoms with van der Waals surface area (Å²) in [5, 5.41) is 2.11. The van der Waals surface area contributed by atoms with Gasteiger partial charge in [0, 0.05) is 24.1 Å². The van der Waals surface area contributed by atoms with Crippen LogP contribution in [0.4, 0.5) is 4.79 Å². The second-order valence-electron chi connectivity index (χ2n) is 9.73. The largest absolute Gasteiger partial charge is 0.496 e. The summed E-state index contributed by atoms with van der Waals surface area (Å²) >= 11 is 0.888. The third-order valence-corrected chi connectivity index (χ3v) is 8.02. The van der Waals surface area contributed by atoms with E-state index in [1.807, 2.05) is 12.1 Å². The van der Waals surface area contributed by atoms with Crippen LogP contribution in [0.5, 0.6) is 34.5 Å². The van der Waals surface area contributed by atoms with Crippen LogP contribution in [-0.4, -0.2) is 52.8 Å². The fourth-order valence-corrected chi connectivity index (χ4v) is 5.48. The predicted molar refractivity (Wildman–Crippen MR) is 170 cm³/mol. The highest BCUT2D eigenvalue weighted by molar-refractivity contribution is 8.18. The SMILES string of the molecule is COc1cc(OC)c2c(=O)c(OCCCOc3ccc(/C(C)=C4\SC(=O)NC4=O)cc3)c(-c3ccc(OC)c(OC)c3)oc2c1. The van der Waals surface area contributed by atoms with Gasteiger partial charge in [0.1, 0.15) is 28.2 Å². The molecule has 0 saturated carbocycles. The van der Waals surface area contributed by atoms with Gasteiger partial charge in [-0.25, -0.2) is 0 Å². The van der Waals surface area contributed by atoms with Crippen molar-refractivity contribution in [3.63, 3.8) is 0 Å². The molecule has 0 spiro atoms. The van der Waals surface area contributed by atoms with Crippen molar-refractivity contribution >= 4 is 39.5 Å². The van der Waals surface area contributed by atoms with E-state index in [2.05, 4.69) is 5.32 Å². The molecule has 0 unspecified atom stereocenters. The molecule has 2 amide bonds. The van der Waals surface area contributed by atoms with Gasteiger partial charge in [0.15, 0.2) is 17.3 Å². The number of imide groups is 1. The molecule has 1 fully saturated rings. The van der Waals surface area contributed by atoms with Gasteiger partial charge in [-0.3, -0.25) is 19.7 Å². The van der Waals surface area contributed by atoms with Crippen LogP contribution in [0.15, 0.2) is 68.7 Å². The monoisotopic (exact) mass is 633 g/mol. The van der Waals surface area contributed by atoms with Gasteiger partial charge in [-0.15, -0.1) is 0 Å². The third kappa shape index (κ3) is 6.55. The van der Waals surface area contributed by atoms with Crippen molar-refractivity contribution in [2.24, 2.45) is 0 Å². The van der Waals surface area contributed by atoms with Gasteiger partial charge < -0.3 is 32.8 Å². The average Bonchev–Trinajstić information content (AvgIpc) is 3.41. The van der Waals surface area contributed by atoms with Crippen molar-refractivity contribution in [3.05, 3.63) is 75.3 Å².